The highest BCUT2D eigenvalue weighted by molar-refractivity contribution is 5.35. The summed E-state index contributed by atoms with van der Waals surface area (Å²) >= 11 is 0. The van der Waals surface area contributed by atoms with Gasteiger partial charge >= 0.3 is 5.69 Å². The number of aromatic nitrogens is 2. The molecular formula is C14H21N3O5. The summed E-state index contributed by atoms with van der Waals surface area (Å²) in [7, 11) is 1.60. The maximum Gasteiger partial charge on any atom is 0.351 e. The lowest BCUT2D eigenvalue weighted by Crippen LogP contribution is -2.46. The van der Waals surface area contributed by atoms with Crippen LogP contribution in [0.4, 0.5) is 5.82 Å². The Balaban J connectivity index is 1.97. The van der Waals surface area contributed by atoms with E-state index in [1.54, 1.807) is 20.2 Å². The van der Waals surface area contributed by atoms with Gasteiger partial charge in [0.25, 0.3) is 0 Å². The van der Waals surface area contributed by atoms with E-state index in [2.05, 4.69) is 4.98 Å². The first kappa shape index (κ1) is 15.4. The fraction of sp³-hybridized carbons (Fsp3) is 0.714. The van der Waals surface area contributed by atoms with Gasteiger partial charge in [-0.2, -0.15) is 4.98 Å². The number of rotatable bonds is 5. The predicted octanol–water partition coefficient (Wildman–Crippen LogP) is -0.148. The Hall–Kier alpha value is -1.48. The first-order valence-corrected chi connectivity index (χ1v) is 7.27. The van der Waals surface area contributed by atoms with Crippen LogP contribution in [0.15, 0.2) is 11.0 Å². The Labute approximate surface area is 128 Å². The van der Waals surface area contributed by atoms with Gasteiger partial charge in [-0.15, -0.1) is 0 Å². The van der Waals surface area contributed by atoms with E-state index in [1.165, 1.54) is 4.57 Å². The molecule has 1 aromatic rings. The standard InChI is InChI=1S/C14H21N3O5/c1-4-20-10-9-12(22-14(10,6-19-3)7-21-9)17-5-8(2)11(15)16-13(17)18/h5,9-10,12H,4,6-7H2,1-3H3,(H2,15,16,18)/t9?,10?,12-,14+/m1/s1. The van der Waals surface area contributed by atoms with Gasteiger partial charge in [-0.05, 0) is 13.8 Å². The normalized spacial score (nSPS) is 33.5. The van der Waals surface area contributed by atoms with Crippen molar-refractivity contribution in [2.45, 2.75) is 37.9 Å². The molecule has 0 aliphatic carbocycles. The van der Waals surface area contributed by atoms with Crippen molar-refractivity contribution < 1.29 is 18.9 Å². The average Bonchev–Trinajstić information content (AvgIpc) is 2.95. The zero-order chi connectivity index (χ0) is 15.9. The fourth-order valence-corrected chi connectivity index (χ4v) is 3.15. The van der Waals surface area contributed by atoms with E-state index in [1.807, 2.05) is 6.92 Å². The van der Waals surface area contributed by atoms with Crippen LogP contribution in [0.25, 0.3) is 0 Å². The highest BCUT2D eigenvalue weighted by Crippen LogP contribution is 2.46. The number of fused-ring (bicyclic) bond motifs is 2. The summed E-state index contributed by atoms with van der Waals surface area (Å²) < 4.78 is 24.4. The Bertz CT molecular complexity index is 619. The summed E-state index contributed by atoms with van der Waals surface area (Å²) in [5.74, 6) is 0.221. The zero-order valence-electron chi connectivity index (χ0n) is 12.9. The van der Waals surface area contributed by atoms with Gasteiger partial charge in [-0.1, -0.05) is 0 Å². The summed E-state index contributed by atoms with van der Waals surface area (Å²) in [6, 6.07) is 0. The first-order chi connectivity index (χ1) is 10.5. The van der Waals surface area contributed by atoms with E-state index in [0.29, 0.717) is 25.4 Å². The number of ether oxygens (including phenoxy) is 4. The Morgan fingerprint density at radius 2 is 2.36 bits per heavy atom. The number of nitrogens with zero attached hydrogens (tertiary/aromatic N) is 2. The molecule has 1 aromatic heterocycles. The van der Waals surface area contributed by atoms with Crippen molar-refractivity contribution >= 4 is 5.82 Å². The minimum atomic E-state index is -0.700. The van der Waals surface area contributed by atoms with Gasteiger partial charge in [0.15, 0.2) is 6.23 Å². The maximum atomic E-state index is 12.1. The summed E-state index contributed by atoms with van der Waals surface area (Å²) in [4.78, 5) is 16.0. The van der Waals surface area contributed by atoms with Gasteiger partial charge < -0.3 is 24.7 Å². The molecule has 3 rings (SSSR count). The van der Waals surface area contributed by atoms with Crippen LogP contribution in [0.2, 0.25) is 0 Å². The zero-order valence-corrected chi connectivity index (χ0v) is 12.9. The molecule has 8 heteroatoms. The third kappa shape index (κ3) is 2.23. The largest absolute Gasteiger partial charge is 0.383 e. The van der Waals surface area contributed by atoms with Crippen LogP contribution in [0.3, 0.4) is 0 Å². The third-order valence-electron chi connectivity index (χ3n) is 4.16. The van der Waals surface area contributed by atoms with E-state index < -0.39 is 17.5 Å². The molecule has 2 fully saturated rings. The topological polar surface area (TPSA) is 97.8 Å². The van der Waals surface area contributed by atoms with E-state index in [0.717, 1.165) is 0 Å². The lowest BCUT2D eigenvalue weighted by molar-refractivity contribution is -0.192. The van der Waals surface area contributed by atoms with Crippen molar-refractivity contribution in [3.05, 3.63) is 22.2 Å². The number of nitrogens with two attached hydrogens (primary N) is 1. The van der Waals surface area contributed by atoms with Crippen LogP contribution in [-0.4, -0.2) is 54.3 Å². The van der Waals surface area contributed by atoms with Crippen LogP contribution in [0, 0.1) is 6.92 Å². The number of hydrogen-bond donors (Lipinski definition) is 1. The molecule has 2 N–H and O–H groups in total. The predicted molar refractivity (Wildman–Crippen MR) is 77.5 cm³/mol. The van der Waals surface area contributed by atoms with Crippen molar-refractivity contribution in [1.82, 2.24) is 9.55 Å². The molecule has 2 bridgehead atoms. The quantitative estimate of drug-likeness (QED) is 0.807. The lowest BCUT2D eigenvalue weighted by Gasteiger charge is -2.31. The van der Waals surface area contributed by atoms with Crippen LogP contribution in [0.1, 0.15) is 18.7 Å². The van der Waals surface area contributed by atoms with Crippen molar-refractivity contribution in [3.8, 4) is 0 Å². The number of hydrogen-bond acceptors (Lipinski definition) is 7. The maximum absolute atomic E-state index is 12.1. The SMILES string of the molecule is CCOC1C2OC[C@]1(COC)O[C@H]2n1cc(C)c(N)nc1=O. The van der Waals surface area contributed by atoms with Gasteiger partial charge in [-0.25, -0.2) is 4.79 Å². The first-order valence-electron chi connectivity index (χ1n) is 7.27. The molecule has 22 heavy (non-hydrogen) atoms. The number of aryl methyl sites for hydroxylation is 1. The van der Waals surface area contributed by atoms with Gasteiger partial charge in [0, 0.05) is 25.5 Å². The molecule has 2 aliphatic heterocycles. The van der Waals surface area contributed by atoms with E-state index in [9.17, 15) is 4.79 Å². The molecule has 0 amide bonds. The second kappa shape index (κ2) is 5.62. The number of anilines is 1. The summed E-state index contributed by atoms with van der Waals surface area (Å²) in [6.07, 6.45) is 0.382. The molecule has 0 saturated carbocycles. The molecule has 3 heterocycles. The Morgan fingerprint density at radius 3 is 3.05 bits per heavy atom. The van der Waals surface area contributed by atoms with Crippen molar-refractivity contribution in [2.24, 2.45) is 0 Å². The van der Waals surface area contributed by atoms with Crippen LogP contribution < -0.4 is 11.4 Å². The number of methoxy groups -OCH3 is 1. The second-order valence-corrected chi connectivity index (χ2v) is 5.66. The van der Waals surface area contributed by atoms with Gasteiger partial charge in [0.1, 0.15) is 23.6 Å². The minimum Gasteiger partial charge on any atom is -0.383 e. The minimum absolute atomic E-state index is 0.221. The summed E-state index contributed by atoms with van der Waals surface area (Å²) in [5.41, 5.74) is 5.21. The second-order valence-electron chi connectivity index (χ2n) is 5.66. The molecule has 122 valence electrons. The van der Waals surface area contributed by atoms with Gasteiger partial charge in [-0.3, -0.25) is 4.57 Å². The highest BCUT2D eigenvalue weighted by Gasteiger charge is 2.63. The van der Waals surface area contributed by atoms with Crippen molar-refractivity contribution in [1.29, 1.82) is 0 Å². The lowest BCUT2D eigenvalue weighted by atomic mass is 10.00. The smallest absolute Gasteiger partial charge is 0.351 e. The van der Waals surface area contributed by atoms with Gasteiger partial charge in [0.2, 0.25) is 0 Å². The molecule has 2 unspecified atom stereocenters. The van der Waals surface area contributed by atoms with Crippen LogP contribution in [-0.2, 0) is 18.9 Å². The van der Waals surface area contributed by atoms with E-state index >= 15 is 0 Å². The van der Waals surface area contributed by atoms with Gasteiger partial charge in [0.05, 0.1) is 13.2 Å². The van der Waals surface area contributed by atoms with E-state index in [-0.39, 0.29) is 18.0 Å². The highest BCUT2D eigenvalue weighted by atomic mass is 16.7. The molecule has 2 aliphatic rings. The fourth-order valence-electron chi connectivity index (χ4n) is 3.15. The number of nitrogen functional groups attached to an aromatic ring is 1. The average molecular weight is 311 g/mol. The molecule has 8 nitrogen and oxygen atoms in total. The summed E-state index contributed by atoms with van der Waals surface area (Å²) in [5, 5.41) is 0. The van der Waals surface area contributed by atoms with Crippen molar-refractivity contribution in [2.75, 3.05) is 32.7 Å². The monoisotopic (exact) mass is 311 g/mol. The Kier molecular flexibility index (Phi) is 3.94. The molecule has 0 spiro atoms. The molecule has 0 aromatic carbocycles. The molecule has 0 radical (unpaired) electrons. The molecular weight excluding hydrogens is 290 g/mol. The van der Waals surface area contributed by atoms with E-state index in [4.69, 9.17) is 24.7 Å². The Morgan fingerprint density at radius 1 is 1.59 bits per heavy atom. The third-order valence-corrected chi connectivity index (χ3v) is 4.16. The van der Waals surface area contributed by atoms with Crippen LogP contribution in [0.5, 0.6) is 0 Å². The summed E-state index contributed by atoms with van der Waals surface area (Å²) in [6.45, 7) is 4.94. The molecule has 4 atom stereocenters. The van der Waals surface area contributed by atoms with Crippen LogP contribution >= 0.6 is 0 Å². The van der Waals surface area contributed by atoms with Crippen molar-refractivity contribution in [3.63, 3.8) is 0 Å². The molecule has 2 saturated heterocycles.